The lowest BCUT2D eigenvalue weighted by molar-refractivity contribution is -0.614. The van der Waals surface area contributed by atoms with Gasteiger partial charge in [-0.25, -0.2) is 4.39 Å². The summed E-state index contributed by atoms with van der Waals surface area (Å²) in [6.45, 7) is 1.49. The van der Waals surface area contributed by atoms with E-state index in [9.17, 15) is 19.2 Å². The fraction of sp³-hybridized carbons (Fsp3) is 0.296. The monoisotopic (exact) mass is 481 g/mol. The molecular weight excluding hydrogens is 457 g/mol. The summed E-state index contributed by atoms with van der Waals surface area (Å²) in [5.41, 5.74) is 2.12. The van der Waals surface area contributed by atoms with Gasteiger partial charge in [0.2, 0.25) is 5.69 Å². The van der Waals surface area contributed by atoms with E-state index in [1.807, 2.05) is 0 Å². The predicted octanol–water partition coefficient (Wildman–Crippen LogP) is 5.69. The molecule has 1 aliphatic rings. The molecule has 1 atom stereocenters. The highest BCUT2D eigenvalue weighted by atomic mass is 35.5. The van der Waals surface area contributed by atoms with Gasteiger partial charge >= 0.3 is 0 Å². The van der Waals surface area contributed by atoms with Crippen LogP contribution in [0, 0.1) is 16.9 Å². The lowest BCUT2D eigenvalue weighted by Gasteiger charge is -2.17. The number of ether oxygens (including phenoxy) is 1. The third-order valence-electron chi connectivity index (χ3n) is 6.26. The molecule has 0 saturated heterocycles. The number of aromatic nitrogens is 1. The van der Waals surface area contributed by atoms with E-state index in [4.69, 9.17) is 16.3 Å². The van der Waals surface area contributed by atoms with E-state index in [-0.39, 0.29) is 34.3 Å². The van der Waals surface area contributed by atoms with Crippen LogP contribution in [0.2, 0.25) is 5.02 Å². The van der Waals surface area contributed by atoms with Gasteiger partial charge in [-0.1, -0.05) is 48.7 Å². The molecule has 1 aromatic heterocycles. The van der Waals surface area contributed by atoms with Crippen LogP contribution in [0.5, 0.6) is 5.75 Å². The number of hydrogen-bond acceptors (Lipinski definition) is 4. The molecule has 0 radical (unpaired) electrons. The summed E-state index contributed by atoms with van der Waals surface area (Å²) in [5.74, 6) is -0.671. The number of hydrogen-bond donors (Lipinski definition) is 0. The molecular formula is C27H25ClFNO4. The van der Waals surface area contributed by atoms with Gasteiger partial charge in [0.15, 0.2) is 23.6 Å². The fourth-order valence-corrected chi connectivity index (χ4v) is 4.33. The Hall–Kier alpha value is -3.25. The first-order valence-electron chi connectivity index (χ1n) is 11.2. The highest BCUT2D eigenvalue weighted by Gasteiger charge is 2.34. The molecule has 4 rings (SSSR count). The topological polar surface area (TPSA) is 70.3 Å². The molecule has 2 aromatic carbocycles. The second-order valence-electron chi connectivity index (χ2n) is 8.73. The summed E-state index contributed by atoms with van der Waals surface area (Å²) < 4.78 is 20.7. The highest BCUT2D eigenvalue weighted by molar-refractivity contribution is 6.31. The van der Waals surface area contributed by atoms with Gasteiger partial charge in [0, 0.05) is 18.1 Å². The Morgan fingerprint density at radius 3 is 2.44 bits per heavy atom. The lowest BCUT2D eigenvalue weighted by Crippen LogP contribution is -2.36. The number of benzene rings is 2. The van der Waals surface area contributed by atoms with Crippen LogP contribution in [-0.4, -0.2) is 18.7 Å². The van der Waals surface area contributed by atoms with Crippen molar-refractivity contribution in [3.05, 3.63) is 87.6 Å². The Morgan fingerprint density at radius 1 is 1.15 bits per heavy atom. The van der Waals surface area contributed by atoms with Crippen molar-refractivity contribution in [3.8, 4) is 16.9 Å². The predicted molar refractivity (Wildman–Crippen MR) is 128 cm³/mol. The van der Waals surface area contributed by atoms with Crippen LogP contribution in [0.3, 0.4) is 0 Å². The summed E-state index contributed by atoms with van der Waals surface area (Å²) in [5, 5.41) is 13.0. The summed E-state index contributed by atoms with van der Waals surface area (Å²) >= 11 is 5.95. The maximum atomic E-state index is 14.8. The molecule has 7 heteroatoms. The second-order valence-corrected chi connectivity index (χ2v) is 9.14. The van der Waals surface area contributed by atoms with Gasteiger partial charge in [-0.15, -0.1) is 0 Å². The minimum absolute atomic E-state index is 0.0373. The third-order valence-corrected chi connectivity index (χ3v) is 6.55. The van der Waals surface area contributed by atoms with Crippen molar-refractivity contribution in [2.24, 2.45) is 5.92 Å². The molecule has 1 saturated carbocycles. The van der Waals surface area contributed by atoms with E-state index in [2.05, 4.69) is 0 Å². The lowest BCUT2D eigenvalue weighted by atomic mass is 9.89. The van der Waals surface area contributed by atoms with Crippen LogP contribution in [0.1, 0.15) is 53.7 Å². The Morgan fingerprint density at radius 2 is 1.85 bits per heavy atom. The first-order chi connectivity index (χ1) is 16.3. The average Bonchev–Trinajstić information content (AvgIpc) is 3.64. The van der Waals surface area contributed by atoms with Gasteiger partial charge in [0.1, 0.15) is 11.7 Å². The van der Waals surface area contributed by atoms with Gasteiger partial charge < -0.3 is 9.94 Å². The van der Waals surface area contributed by atoms with Gasteiger partial charge in [0.25, 0.3) is 0 Å². The molecule has 0 amide bonds. The number of Topliss-reactive ketones (excluding diaryl/α,β-unsaturated/α-hetero) is 2. The van der Waals surface area contributed by atoms with Crippen LogP contribution in [0.4, 0.5) is 4.39 Å². The summed E-state index contributed by atoms with van der Waals surface area (Å²) in [4.78, 5) is 24.8. The Kier molecular flexibility index (Phi) is 6.98. The van der Waals surface area contributed by atoms with Crippen LogP contribution in [0.25, 0.3) is 11.1 Å². The molecule has 1 aliphatic carbocycles. The van der Waals surface area contributed by atoms with E-state index in [1.165, 1.54) is 26.3 Å². The first kappa shape index (κ1) is 23.9. The third kappa shape index (κ3) is 5.12. The van der Waals surface area contributed by atoms with Gasteiger partial charge in [-0.2, -0.15) is 4.73 Å². The van der Waals surface area contributed by atoms with Crippen molar-refractivity contribution in [2.75, 3.05) is 7.11 Å². The minimum Gasteiger partial charge on any atom is -0.618 e. The van der Waals surface area contributed by atoms with Crippen molar-refractivity contribution < 1.29 is 23.4 Å². The standard InChI is InChI=1S/C27H25ClFNO4/c1-16(31)19-7-5-18(6-8-19)14-24(32)21(13-17-3-4-17)23-11-9-20(15-30(23)33)26-25(34-2)12-10-22(28)27(26)29/h5-12,15,17,21H,3-4,13-14H2,1-2H3. The number of pyridine rings is 1. The summed E-state index contributed by atoms with van der Waals surface area (Å²) in [6.07, 6.45) is 4.11. The Labute approximate surface area is 202 Å². The molecule has 0 aliphatic heterocycles. The second kappa shape index (κ2) is 9.94. The minimum atomic E-state index is -0.673. The number of rotatable bonds is 9. The van der Waals surface area contributed by atoms with Crippen molar-refractivity contribution in [2.45, 2.75) is 38.5 Å². The van der Waals surface area contributed by atoms with Crippen molar-refractivity contribution in [1.82, 2.24) is 0 Å². The number of ketones is 2. The van der Waals surface area contributed by atoms with Crippen LogP contribution in [-0.2, 0) is 11.2 Å². The maximum absolute atomic E-state index is 14.8. The number of halogens is 2. The van der Waals surface area contributed by atoms with E-state index in [0.29, 0.717) is 33.9 Å². The van der Waals surface area contributed by atoms with Gasteiger partial charge in [-0.05, 0) is 43.0 Å². The summed E-state index contributed by atoms with van der Waals surface area (Å²) in [7, 11) is 1.42. The maximum Gasteiger partial charge on any atom is 0.203 e. The Bertz CT molecular complexity index is 1240. The van der Waals surface area contributed by atoms with Crippen LogP contribution in [0.15, 0.2) is 54.7 Å². The molecule has 1 unspecified atom stereocenters. The zero-order chi connectivity index (χ0) is 24.4. The smallest absolute Gasteiger partial charge is 0.203 e. The normalized spacial score (nSPS) is 14.0. The van der Waals surface area contributed by atoms with Crippen molar-refractivity contribution in [3.63, 3.8) is 0 Å². The van der Waals surface area contributed by atoms with E-state index >= 15 is 0 Å². The van der Waals surface area contributed by atoms with E-state index in [1.54, 1.807) is 42.5 Å². The number of methoxy groups -OCH3 is 1. The molecule has 176 valence electrons. The zero-order valence-corrected chi connectivity index (χ0v) is 19.8. The van der Waals surface area contributed by atoms with Crippen molar-refractivity contribution >= 4 is 23.2 Å². The molecule has 3 aromatic rings. The molecule has 1 fully saturated rings. The fourth-order valence-electron chi connectivity index (χ4n) is 4.17. The van der Waals surface area contributed by atoms with E-state index in [0.717, 1.165) is 18.4 Å². The number of carbonyl (C=O) groups is 2. The largest absolute Gasteiger partial charge is 0.618 e. The molecule has 0 spiro atoms. The van der Waals surface area contributed by atoms with Crippen LogP contribution < -0.4 is 9.47 Å². The average molecular weight is 482 g/mol. The Balaban J connectivity index is 1.64. The zero-order valence-electron chi connectivity index (χ0n) is 19.0. The number of carbonyl (C=O) groups excluding carboxylic acids is 2. The molecule has 0 N–H and O–H groups in total. The van der Waals surface area contributed by atoms with E-state index < -0.39 is 11.7 Å². The van der Waals surface area contributed by atoms with Crippen LogP contribution >= 0.6 is 11.6 Å². The van der Waals surface area contributed by atoms with Crippen molar-refractivity contribution in [1.29, 1.82) is 0 Å². The molecule has 34 heavy (non-hydrogen) atoms. The summed E-state index contributed by atoms with van der Waals surface area (Å²) in [6, 6.07) is 13.1. The van der Waals surface area contributed by atoms with Gasteiger partial charge in [0.05, 0.1) is 23.3 Å². The SMILES string of the molecule is COc1ccc(Cl)c(F)c1-c1ccc(C(CC2CC2)C(=O)Cc2ccc(C(C)=O)cc2)[n+]([O-])c1. The highest BCUT2D eigenvalue weighted by Crippen LogP contribution is 2.40. The first-order valence-corrected chi connectivity index (χ1v) is 11.5. The molecule has 1 heterocycles. The molecule has 0 bridgehead atoms. The molecule has 5 nitrogen and oxygen atoms in total. The quantitative estimate of drug-likeness (QED) is 0.224. The number of nitrogens with zero attached hydrogens (tertiary/aromatic N) is 1. The van der Waals surface area contributed by atoms with Gasteiger partial charge in [-0.3, -0.25) is 9.59 Å².